The van der Waals surface area contributed by atoms with Gasteiger partial charge in [0.2, 0.25) is 5.91 Å². The van der Waals surface area contributed by atoms with Crippen LogP contribution in [0.25, 0.3) is 10.6 Å². The minimum absolute atomic E-state index is 0.0983. The van der Waals surface area contributed by atoms with E-state index in [-0.39, 0.29) is 16.5 Å². The highest BCUT2D eigenvalue weighted by Gasteiger charge is 2.37. The van der Waals surface area contributed by atoms with Gasteiger partial charge in [-0.1, -0.05) is 29.9 Å². The van der Waals surface area contributed by atoms with Crippen molar-refractivity contribution in [3.8, 4) is 16.6 Å². The number of nitriles is 1. The first kappa shape index (κ1) is 21.9. The van der Waals surface area contributed by atoms with E-state index in [1.165, 1.54) is 17.4 Å². The summed E-state index contributed by atoms with van der Waals surface area (Å²) < 4.78 is 45.8. The fraction of sp³-hybridized carbons (Fsp3) is 0.263. The van der Waals surface area contributed by atoms with Crippen LogP contribution in [0.5, 0.6) is 0 Å². The summed E-state index contributed by atoms with van der Waals surface area (Å²) in [6, 6.07) is 7.34. The van der Waals surface area contributed by atoms with Crippen LogP contribution >= 0.6 is 23.1 Å². The normalized spacial score (nSPS) is 12.4. The summed E-state index contributed by atoms with van der Waals surface area (Å²) >= 11 is 2.05. The first-order valence-corrected chi connectivity index (χ1v) is 10.5. The predicted molar refractivity (Wildman–Crippen MR) is 107 cm³/mol. The molecule has 1 atom stereocenters. The molecule has 30 heavy (non-hydrogen) atoms. The van der Waals surface area contributed by atoms with E-state index in [9.17, 15) is 23.2 Å². The lowest BCUT2D eigenvalue weighted by Gasteiger charge is -2.17. The summed E-state index contributed by atoms with van der Waals surface area (Å²) in [4.78, 5) is 17.4. The van der Waals surface area contributed by atoms with Crippen molar-refractivity contribution in [1.82, 2.24) is 10.1 Å². The third-order valence-corrected chi connectivity index (χ3v) is 6.22. The summed E-state index contributed by atoms with van der Waals surface area (Å²) in [6.45, 7) is 3.37. The van der Waals surface area contributed by atoms with Crippen LogP contribution in [0.3, 0.4) is 0 Å². The van der Waals surface area contributed by atoms with E-state index < -0.39 is 28.5 Å². The standard InChI is InChI=1S/C19H15F3N4O2S2/c1-3-14(17(27)25-16-7-10(2)28-26-16)30-18-11(9-23)12(19(20,21)22)8-13(24-18)15-5-4-6-29-15/h4-8,14H,3H2,1-2H3,(H,25,26,27)/t14-/m0/s1. The number of hydrogen-bond acceptors (Lipinski definition) is 7. The Hall–Kier alpha value is -2.84. The van der Waals surface area contributed by atoms with Crippen LogP contribution in [0.4, 0.5) is 19.0 Å². The molecule has 3 aromatic rings. The molecule has 11 heteroatoms. The molecular formula is C19H15F3N4O2S2. The summed E-state index contributed by atoms with van der Waals surface area (Å²) in [5.41, 5.74) is -1.58. The summed E-state index contributed by atoms with van der Waals surface area (Å²) in [7, 11) is 0. The maximum absolute atomic E-state index is 13.6. The molecule has 0 saturated heterocycles. The third-order valence-electron chi connectivity index (χ3n) is 3.97. The number of carbonyl (C=O) groups excluding carboxylic acids is 1. The summed E-state index contributed by atoms with van der Waals surface area (Å²) in [6.07, 6.45) is -4.44. The van der Waals surface area contributed by atoms with Gasteiger partial charge in [0.25, 0.3) is 0 Å². The lowest BCUT2D eigenvalue weighted by molar-refractivity contribution is -0.138. The third kappa shape index (κ3) is 4.83. The lowest BCUT2D eigenvalue weighted by Crippen LogP contribution is -2.25. The van der Waals surface area contributed by atoms with Gasteiger partial charge in [-0.05, 0) is 30.9 Å². The topological polar surface area (TPSA) is 91.8 Å². The average molecular weight is 452 g/mol. The smallest absolute Gasteiger partial charge is 0.360 e. The molecule has 0 aliphatic rings. The van der Waals surface area contributed by atoms with E-state index in [4.69, 9.17) is 4.52 Å². The van der Waals surface area contributed by atoms with Crippen molar-refractivity contribution in [3.63, 3.8) is 0 Å². The van der Waals surface area contributed by atoms with E-state index in [0.29, 0.717) is 17.1 Å². The van der Waals surface area contributed by atoms with Crippen molar-refractivity contribution in [3.05, 3.63) is 46.5 Å². The van der Waals surface area contributed by atoms with Gasteiger partial charge in [0.15, 0.2) is 5.82 Å². The molecule has 6 nitrogen and oxygen atoms in total. The Kier molecular flexibility index (Phi) is 6.48. The number of rotatable bonds is 6. The van der Waals surface area contributed by atoms with Gasteiger partial charge in [0.1, 0.15) is 16.9 Å². The van der Waals surface area contributed by atoms with Gasteiger partial charge in [-0.2, -0.15) is 18.4 Å². The van der Waals surface area contributed by atoms with Gasteiger partial charge in [0, 0.05) is 6.07 Å². The molecule has 0 bridgehead atoms. The highest BCUT2D eigenvalue weighted by atomic mass is 32.2. The number of anilines is 1. The molecule has 1 amide bonds. The van der Waals surface area contributed by atoms with Crippen molar-refractivity contribution in [2.75, 3.05) is 5.32 Å². The molecule has 0 aliphatic carbocycles. The summed E-state index contributed by atoms with van der Waals surface area (Å²) in [5.74, 6) is 0.225. The fourth-order valence-electron chi connectivity index (χ4n) is 2.58. The number of hydrogen-bond donors (Lipinski definition) is 1. The van der Waals surface area contributed by atoms with E-state index in [1.807, 2.05) is 0 Å². The Labute approximate surface area is 178 Å². The number of alkyl halides is 3. The SMILES string of the molecule is CC[C@H](Sc1nc(-c2cccs2)cc(C(F)(F)F)c1C#N)C(=O)Nc1cc(C)on1. The number of pyridine rings is 1. The van der Waals surface area contributed by atoms with Gasteiger partial charge in [-0.25, -0.2) is 4.98 Å². The number of aryl methyl sites for hydroxylation is 1. The van der Waals surface area contributed by atoms with Crippen molar-refractivity contribution in [2.24, 2.45) is 0 Å². The minimum Gasteiger partial charge on any atom is -0.360 e. The first-order chi connectivity index (χ1) is 14.2. The quantitative estimate of drug-likeness (QED) is 0.496. The summed E-state index contributed by atoms with van der Waals surface area (Å²) in [5, 5.41) is 16.4. The number of nitrogens with zero attached hydrogens (tertiary/aromatic N) is 3. The van der Waals surface area contributed by atoms with Crippen LogP contribution in [0, 0.1) is 18.3 Å². The van der Waals surface area contributed by atoms with Crippen LogP contribution in [-0.4, -0.2) is 21.3 Å². The van der Waals surface area contributed by atoms with Crippen LogP contribution in [0.1, 0.15) is 30.2 Å². The minimum atomic E-state index is -4.74. The lowest BCUT2D eigenvalue weighted by atomic mass is 10.1. The molecule has 0 fully saturated rings. The highest BCUT2D eigenvalue weighted by Crippen LogP contribution is 2.40. The largest absolute Gasteiger partial charge is 0.417 e. The number of thiophene rings is 1. The molecule has 156 valence electrons. The van der Waals surface area contributed by atoms with Gasteiger partial charge >= 0.3 is 6.18 Å². The maximum atomic E-state index is 13.6. The zero-order valence-electron chi connectivity index (χ0n) is 15.8. The average Bonchev–Trinajstić information content (AvgIpc) is 3.36. The Morgan fingerprint density at radius 1 is 1.43 bits per heavy atom. The fourth-order valence-corrected chi connectivity index (χ4v) is 4.29. The number of thioether (sulfide) groups is 1. The molecule has 3 aromatic heterocycles. The number of aromatic nitrogens is 2. The van der Waals surface area contributed by atoms with Crippen molar-refractivity contribution in [1.29, 1.82) is 5.26 Å². The number of halogens is 3. The molecule has 1 N–H and O–H groups in total. The van der Waals surface area contributed by atoms with Gasteiger partial charge in [-0.3, -0.25) is 4.79 Å². The Balaban J connectivity index is 1.99. The van der Waals surface area contributed by atoms with E-state index in [0.717, 1.165) is 17.8 Å². The number of carbonyl (C=O) groups is 1. The Morgan fingerprint density at radius 3 is 2.73 bits per heavy atom. The molecule has 0 radical (unpaired) electrons. The number of nitrogens with one attached hydrogen (secondary N) is 1. The van der Waals surface area contributed by atoms with Crippen LogP contribution in [0.2, 0.25) is 0 Å². The molecular weight excluding hydrogens is 437 g/mol. The van der Waals surface area contributed by atoms with Crippen molar-refractivity contribution in [2.45, 2.75) is 36.7 Å². The molecule has 0 aromatic carbocycles. The zero-order chi connectivity index (χ0) is 21.9. The molecule has 0 aliphatic heterocycles. The number of amides is 1. The zero-order valence-corrected chi connectivity index (χ0v) is 17.4. The van der Waals surface area contributed by atoms with E-state index in [2.05, 4.69) is 15.5 Å². The predicted octanol–water partition coefficient (Wildman–Crippen LogP) is 5.51. The first-order valence-electron chi connectivity index (χ1n) is 8.70. The van der Waals surface area contributed by atoms with Gasteiger partial charge in [0.05, 0.1) is 26.9 Å². The Bertz CT molecular complexity index is 1090. The van der Waals surface area contributed by atoms with Crippen LogP contribution in [-0.2, 0) is 11.0 Å². The monoisotopic (exact) mass is 452 g/mol. The second-order valence-corrected chi connectivity index (χ2v) is 8.29. The molecule has 0 unspecified atom stereocenters. The van der Waals surface area contributed by atoms with Crippen molar-refractivity contribution >= 4 is 34.8 Å². The van der Waals surface area contributed by atoms with E-state index >= 15 is 0 Å². The van der Waals surface area contributed by atoms with Gasteiger partial charge in [-0.15, -0.1) is 11.3 Å². The molecule has 0 spiro atoms. The molecule has 3 heterocycles. The molecule has 3 rings (SSSR count). The van der Waals surface area contributed by atoms with Gasteiger partial charge < -0.3 is 9.84 Å². The Morgan fingerprint density at radius 2 is 2.20 bits per heavy atom. The molecule has 0 saturated carbocycles. The maximum Gasteiger partial charge on any atom is 0.417 e. The highest BCUT2D eigenvalue weighted by molar-refractivity contribution is 8.00. The second-order valence-electron chi connectivity index (χ2n) is 6.15. The van der Waals surface area contributed by atoms with Crippen LogP contribution in [0.15, 0.2) is 39.2 Å². The van der Waals surface area contributed by atoms with E-state index in [1.54, 1.807) is 37.4 Å². The van der Waals surface area contributed by atoms with Crippen molar-refractivity contribution < 1.29 is 22.5 Å². The second kappa shape index (κ2) is 8.89. The van der Waals surface area contributed by atoms with Crippen LogP contribution < -0.4 is 5.32 Å².